The van der Waals surface area contributed by atoms with E-state index in [1.54, 1.807) is 13.1 Å². The molecule has 0 radical (unpaired) electrons. The monoisotopic (exact) mass is 257 g/mol. The van der Waals surface area contributed by atoms with Crippen LogP contribution in [-0.2, 0) is 4.74 Å². The van der Waals surface area contributed by atoms with Gasteiger partial charge < -0.3 is 10.1 Å². The number of nitrogens with one attached hydrogen (secondary N) is 1. The number of hydrogen-bond donors (Lipinski definition) is 1. The van der Waals surface area contributed by atoms with Gasteiger partial charge in [-0.25, -0.2) is 13.2 Å². The first-order valence-electron chi connectivity index (χ1n) is 5.78. The second kappa shape index (κ2) is 5.44. The first-order valence-corrected chi connectivity index (χ1v) is 5.78. The molecule has 1 aromatic rings. The summed E-state index contributed by atoms with van der Waals surface area (Å²) in [6.07, 6.45) is 3.49. The second-order valence-corrected chi connectivity index (χ2v) is 4.10. The number of halogens is 3. The summed E-state index contributed by atoms with van der Waals surface area (Å²) in [7, 11) is 1.58. The van der Waals surface area contributed by atoms with E-state index in [4.69, 9.17) is 4.74 Å². The minimum Gasteiger partial charge on any atom is -0.496 e. The van der Waals surface area contributed by atoms with Crippen LogP contribution in [0.2, 0.25) is 0 Å². The molecule has 0 spiro atoms. The lowest BCUT2D eigenvalue weighted by atomic mass is 10.0. The Kier molecular flexibility index (Phi) is 3.91. The largest absolute Gasteiger partial charge is 0.496 e. The molecule has 1 unspecified atom stereocenters. The number of hydrogen-bond acceptors (Lipinski definition) is 2. The van der Waals surface area contributed by atoms with E-state index < -0.39 is 23.5 Å². The van der Waals surface area contributed by atoms with Gasteiger partial charge in [-0.2, -0.15) is 0 Å². The van der Waals surface area contributed by atoms with Crippen molar-refractivity contribution in [3.63, 3.8) is 0 Å². The van der Waals surface area contributed by atoms with Crippen LogP contribution < -0.4 is 5.32 Å². The SMILES string of the molecule is CNC(C1=CCCCO1)c1c(F)cc(F)cc1F. The maximum absolute atomic E-state index is 13.7. The quantitative estimate of drug-likeness (QED) is 0.898. The Morgan fingerprint density at radius 1 is 1.22 bits per heavy atom. The van der Waals surface area contributed by atoms with Crippen molar-refractivity contribution in [2.45, 2.75) is 18.9 Å². The second-order valence-electron chi connectivity index (χ2n) is 4.10. The Balaban J connectivity index is 2.41. The molecule has 0 saturated carbocycles. The lowest BCUT2D eigenvalue weighted by Crippen LogP contribution is -2.24. The van der Waals surface area contributed by atoms with Gasteiger partial charge in [0.15, 0.2) is 0 Å². The number of rotatable bonds is 3. The average Bonchev–Trinajstić information content (AvgIpc) is 2.34. The first kappa shape index (κ1) is 13.0. The number of allylic oxidation sites excluding steroid dienone is 1. The highest BCUT2D eigenvalue weighted by molar-refractivity contribution is 5.30. The fourth-order valence-corrected chi connectivity index (χ4v) is 2.04. The highest BCUT2D eigenvalue weighted by atomic mass is 19.1. The van der Waals surface area contributed by atoms with Crippen LogP contribution >= 0.6 is 0 Å². The van der Waals surface area contributed by atoms with Gasteiger partial charge in [0.25, 0.3) is 0 Å². The summed E-state index contributed by atoms with van der Waals surface area (Å²) in [5.74, 6) is -2.28. The van der Waals surface area contributed by atoms with Gasteiger partial charge in [-0.15, -0.1) is 0 Å². The lowest BCUT2D eigenvalue weighted by molar-refractivity contribution is 0.167. The van der Waals surface area contributed by atoms with Crippen molar-refractivity contribution in [3.8, 4) is 0 Å². The molecule has 0 aromatic heterocycles. The fourth-order valence-electron chi connectivity index (χ4n) is 2.04. The summed E-state index contributed by atoms with van der Waals surface area (Å²) in [4.78, 5) is 0. The summed E-state index contributed by atoms with van der Waals surface area (Å²) < 4.78 is 45.7. The van der Waals surface area contributed by atoms with Gasteiger partial charge in [0, 0.05) is 17.7 Å². The van der Waals surface area contributed by atoms with E-state index in [0.29, 0.717) is 24.5 Å². The predicted octanol–water partition coefficient (Wildman–Crippen LogP) is 3.06. The van der Waals surface area contributed by atoms with Crippen molar-refractivity contribution in [1.29, 1.82) is 0 Å². The van der Waals surface area contributed by atoms with Crippen LogP contribution in [0.1, 0.15) is 24.4 Å². The summed E-state index contributed by atoms with van der Waals surface area (Å²) in [6, 6.07) is 0.615. The van der Waals surface area contributed by atoms with Crippen LogP contribution in [-0.4, -0.2) is 13.7 Å². The van der Waals surface area contributed by atoms with E-state index in [2.05, 4.69) is 5.32 Å². The van der Waals surface area contributed by atoms with Crippen LogP contribution in [0.5, 0.6) is 0 Å². The molecule has 1 atom stereocenters. The van der Waals surface area contributed by atoms with Crippen molar-refractivity contribution in [3.05, 3.63) is 47.0 Å². The van der Waals surface area contributed by atoms with E-state index >= 15 is 0 Å². The topological polar surface area (TPSA) is 21.3 Å². The van der Waals surface area contributed by atoms with E-state index in [1.807, 2.05) is 0 Å². The molecule has 0 bridgehead atoms. The summed E-state index contributed by atoms with van der Waals surface area (Å²) in [5.41, 5.74) is -0.216. The van der Waals surface area contributed by atoms with Gasteiger partial charge in [-0.3, -0.25) is 0 Å². The zero-order chi connectivity index (χ0) is 13.1. The van der Waals surface area contributed by atoms with Crippen LogP contribution in [0.3, 0.4) is 0 Å². The van der Waals surface area contributed by atoms with Crippen LogP contribution in [0.25, 0.3) is 0 Å². The molecule has 2 nitrogen and oxygen atoms in total. The Hall–Kier alpha value is -1.49. The number of benzene rings is 1. The van der Waals surface area contributed by atoms with Crippen molar-refractivity contribution in [2.75, 3.05) is 13.7 Å². The molecular weight excluding hydrogens is 243 g/mol. The zero-order valence-electron chi connectivity index (χ0n) is 9.97. The minimum absolute atomic E-state index is 0.216. The van der Waals surface area contributed by atoms with Gasteiger partial charge >= 0.3 is 0 Å². The molecular formula is C13H14F3NO. The summed E-state index contributed by atoms with van der Waals surface area (Å²) in [6.45, 7) is 0.522. The van der Waals surface area contributed by atoms with E-state index in [1.165, 1.54) is 0 Å². The van der Waals surface area contributed by atoms with E-state index in [9.17, 15) is 13.2 Å². The molecule has 18 heavy (non-hydrogen) atoms. The van der Waals surface area contributed by atoms with E-state index in [0.717, 1.165) is 12.8 Å². The Labute approximate surface area is 103 Å². The molecule has 0 fully saturated rings. The molecule has 2 rings (SSSR count). The van der Waals surface area contributed by atoms with Gasteiger partial charge in [0.2, 0.25) is 0 Å². The third kappa shape index (κ3) is 2.51. The van der Waals surface area contributed by atoms with Crippen LogP contribution in [0, 0.1) is 17.5 Å². The van der Waals surface area contributed by atoms with Gasteiger partial charge in [-0.1, -0.05) is 0 Å². The number of ether oxygens (including phenoxy) is 1. The van der Waals surface area contributed by atoms with Crippen molar-refractivity contribution in [1.82, 2.24) is 5.32 Å². The molecule has 1 heterocycles. The van der Waals surface area contributed by atoms with Gasteiger partial charge in [-0.05, 0) is 26.0 Å². The van der Waals surface area contributed by atoms with Crippen molar-refractivity contribution in [2.24, 2.45) is 0 Å². The predicted molar refractivity (Wildman–Crippen MR) is 61.4 cm³/mol. The molecule has 98 valence electrons. The highest BCUT2D eigenvalue weighted by Crippen LogP contribution is 2.30. The van der Waals surface area contributed by atoms with E-state index in [-0.39, 0.29) is 5.56 Å². The molecule has 5 heteroatoms. The van der Waals surface area contributed by atoms with Crippen LogP contribution in [0.15, 0.2) is 24.0 Å². The first-order chi connectivity index (χ1) is 8.63. The molecule has 1 aromatic carbocycles. The maximum Gasteiger partial charge on any atom is 0.134 e. The summed E-state index contributed by atoms with van der Waals surface area (Å²) in [5, 5.41) is 2.79. The molecule has 1 aliphatic rings. The Bertz CT molecular complexity index is 450. The third-order valence-electron chi connectivity index (χ3n) is 2.87. The van der Waals surface area contributed by atoms with Crippen molar-refractivity contribution >= 4 is 0 Å². The lowest BCUT2D eigenvalue weighted by Gasteiger charge is -2.24. The Morgan fingerprint density at radius 2 is 1.89 bits per heavy atom. The third-order valence-corrected chi connectivity index (χ3v) is 2.87. The minimum atomic E-state index is -0.929. The molecule has 0 aliphatic carbocycles. The van der Waals surface area contributed by atoms with Crippen molar-refractivity contribution < 1.29 is 17.9 Å². The van der Waals surface area contributed by atoms with Gasteiger partial charge in [0.05, 0.1) is 12.6 Å². The molecule has 1 N–H and O–H groups in total. The Morgan fingerprint density at radius 3 is 2.39 bits per heavy atom. The zero-order valence-corrected chi connectivity index (χ0v) is 9.97. The number of likely N-dealkylation sites (N-methyl/N-ethyl adjacent to an activating group) is 1. The standard InChI is InChI=1S/C13H14F3NO/c1-17-13(11-4-2-3-5-18-11)12-9(15)6-8(14)7-10(12)16/h4,6-7,13,17H,2-3,5H2,1H3. The maximum atomic E-state index is 13.7. The van der Waals surface area contributed by atoms with Crippen LogP contribution in [0.4, 0.5) is 13.2 Å². The fraction of sp³-hybridized carbons (Fsp3) is 0.385. The average molecular weight is 257 g/mol. The normalized spacial score (nSPS) is 17.0. The summed E-state index contributed by atoms with van der Waals surface area (Å²) >= 11 is 0. The molecule has 0 amide bonds. The highest BCUT2D eigenvalue weighted by Gasteiger charge is 2.25. The van der Waals surface area contributed by atoms with Gasteiger partial charge in [0.1, 0.15) is 23.2 Å². The smallest absolute Gasteiger partial charge is 0.134 e. The molecule has 0 saturated heterocycles. The molecule has 1 aliphatic heterocycles.